The van der Waals surface area contributed by atoms with Gasteiger partial charge in [-0.2, -0.15) is 0 Å². The van der Waals surface area contributed by atoms with Crippen LogP contribution in [0.4, 0.5) is 0 Å². The van der Waals surface area contributed by atoms with Crippen molar-refractivity contribution in [3.05, 3.63) is 0 Å². The molecular formula is C8H18N2O2S. The standard InChI is InChI=1S/C8H18N2O2S/c1-8(2,3)13(12)6-7(11)10-5-4-9/h4-6,9H2,1-3H3,(H,10,11). The lowest BCUT2D eigenvalue weighted by molar-refractivity contribution is -0.118. The zero-order chi connectivity index (χ0) is 10.5. The second-order valence-corrected chi connectivity index (χ2v) is 5.95. The van der Waals surface area contributed by atoms with Crippen molar-refractivity contribution >= 4 is 16.7 Å². The van der Waals surface area contributed by atoms with E-state index >= 15 is 0 Å². The lowest BCUT2D eigenvalue weighted by Gasteiger charge is -2.16. The summed E-state index contributed by atoms with van der Waals surface area (Å²) in [5, 5.41) is 2.58. The molecule has 1 amide bonds. The van der Waals surface area contributed by atoms with Crippen LogP contribution in [0.1, 0.15) is 20.8 Å². The minimum atomic E-state index is -1.12. The summed E-state index contributed by atoms with van der Waals surface area (Å²) in [7, 11) is -1.12. The maximum atomic E-state index is 11.5. The number of rotatable bonds is 4. The van der Waals surface area contributed by atoms with Gasteiger partial charge in [0.1, 0.15) is 5.75 Å². The first-order valence-corrected chi connectivity index (χ1v) is 5.55. The average molecular weight is 206 g/mol. The molecule has 0 spiro atoms. The van der Waals surface area contributed by atoms with Crippen molar-refractivity contribution in [3.63, 3.8) is 0 Å². The second kappa shape index (κ2) is 5.34. The molecule has 4 nitrogen and oxygen atoms in total. The van der Waals surface area contributed by atoms with Gasteiger partial charge in [0.15, 0.2) is 0 Å². The first-order chi connectivity index (χ1) is 5.88. The first-order valence-electron chi connectivity index (χ1n) is 4.23. The van der Waals surface area contributed by atoms with Gasteiger partial charge in [-0.25, -0.2) is 0 Å². The van der Waals surface area contributed by atoms with E-state index in [0.717, 1.165) is 0 Å². The quantitative estimate of drug-likeness (QED) is 0.658. The van der Waals surface area contributed by atoms with Crippen molar-refractivity contribution in [1.82, 2.24) is 5.32 Å². The smallest absolute Gasteiger partial charge is 0.232 e. The fourth-order valence-electron chi connectivity index (χ4n) is 0.598. The van der Waals surface area contributed by atoms with Gasteiger partial charge in [-0.05, 0) is 20.8 Å². The Bertz CT molecular complexity index is 199. The van der Waals surface area contributed by atoms with E-state index in [1.54, 1.807) is 0 Å². The largest absolute Gasteiger partial charge is 0.354 e. The Morgan fingerprint density at radius 2 is 2.00 bits per heavy atom. The lowest BCUT2D eigenvalue weighted by atomic mass is 10.3. The number of carbonyl (C=O) groups is 1. The highest BCUT2D eigenvalue weighted by Gasteiger charge is 2.21. The molecule has 0 saturated heterocycles. The predicted molar refractivity (Wildman–Crippen MR) is 54.8 cm³/mol. The van der Waals surface area contributed by atoms with Crippen molar-refractivity contribution in [2.45, 2.75) is 25.5 Å². The van der Waals surface area contributed by atoms with Gasteiger partial charge in [-0.3, -0.25) is 9.00 Å². The van der Waals surface area contributed by atoms with Gasteiger partial charge in [0.2, 0.25) is 5.91 Å². The Morgan fingerprint density at radius 1 is 1.46 bits per heavy atom. The zero-order valence-electron chi connectivity index (χ0n) is 8.42. The molecule has 1 unspecified atom stereocenters. The monoisotopic (exact) mass is 206 g/mol. The van der Waals surface area contributed by atoms with Crippen molar-refractivity contribution < 1.29 is 9.00 Å². The molecule has 0 aliphatic heterocycles. The summed E-state index contributed by atoms with van der Waals surface area (Å²) in [6.45, 7) is 6.39. The van der Waals surface area contributed by atoms with E-state index in [1.807, 2.05) is 20.8 Å². The van der Waals surface area contributed by atoms with E-state index in [2.05, 4.69) is 5.32 Å². The minimum absolute atomic E-state index is 0.0590. The molecule has 0 aromatic rings. The third-order valence-corrected chi connectivity index (χ3v) is 3.30. The highest BCUT2D eigenvalue weighted by Crippen LogP contribution is 2.10. The molecule has 78 valence electrons. The topological polar surface area (TPSA) is 72.2 Å². The summed E-state index contributed by atoms with van der Waals surface area (Å²) in [6.07, 6.45) is 0. The van der Waals surface area contributed by atoms with Crippen LogP contribution in [0.2, 0.25) is 0 Å². The van der Waals surface area contributed by atoms with Crippen LogP contribution in [0, 0.1) is 0 Å². The third-order valence-electron chi connectivity index (χ3n) is 1.41. The zero-order valence-corrected chi connectivity index (χ0v) is 9.24. The molecule has 13 heavy (non-hydrogen) atoms. The number of nitrogens with two attached hydrogens (primary N) is 1. The van der Waals surface area contributed by atoms with Gasteiger partial charge >= 0.3 is 0 Å². The summed E-state index contributed by atoms with van der Waals surface area (Å²) in [5.41, 5.74) is 5.20. The Balaban J connectivity index is 3.86. The first kappa shape index (κ1) is 12.6. The van der Waals surface area contributed by atoms with Gasteiger partial charge in [0, 0.05) is 28.6 Å². The molecule has 1 atom stereocenters. The van der Waals surface area contributed by atoms with Gasteiger partial charge in [-0.15, -0.1) is 0 Å². The molecule has 0 rings (SSSR count). The van der Waals surface area contributed by atoms with Crippen LogP contribution in [0.5, 0.6) is 0 Å². The van der Waals surface area contributed by atoms with Crippen LogP contribution in [0.15, 0.2) is 0 Å². The molecule has 0 heterocycles. The van der Waals surface area contributed by atoms with E-state index in [9.17, 15) is 9.00 Å². The van der Waals surface area contributed by atoms with Gasteiger partial charge in [0.25, 0.3) is 0 Å². The minimum Gasteiger partial charge on any atom is -0.354 e. The normalized spacial score (nSPS) is 13.8. The Kier molecular flexibility index (Phi) is 5.17. The Morgan fingerprint density at radius 3 is 2.38 bits per heavy atom. The average Bonchev–Trinajstić information content (AvgIpc) is 1.99. The second-order valence-electron chi connectivity index (χ2n) is 3.74. The highest BCUT2D eigenvalue weighted by atomic mass is 32.2. The van der Waals surface area contributed by atoms with Crippen molar-refractivity contribution in [2.75, 3.05) is 18.8 Å². The number of amides is 1. The van der Waals surface area contributed by atoms with E-state index in [0.29, 0.717) is 13.1 Å². The van der Waals surface area contributed by atoms with Gasteiger partial charge < -0.3 is 11.1 Å². The maximum Gasteiger partial charge on any atom is 0.232 e. The van der Waals surface area contributed by atoms with Crippen LogP contribution in [0.25, 0.3) is 0 Å². The third kappa shape index (κ3) is 5.76. The lowest BCUT2D eigenvalue weighted by Crippen LogP contribution is -2.36. The molecule has 0 aromatic heterocycles. The Labute approximate surface area is 81.7 Å². The molecule has 0 fully saturated rings. The molecule has 0 aliphatic carbocycles. The highest BCUT2D eigenvalue weighted by molar-refractivity contribution is 7.87. The van der Waals surface area contributed by atoms with Gasteiger partial charge in [0.05, 0.1) is 0 Å². The fourth-order valence-corrected chi connectivity index (χ4v) is 1.37. The van der Waals surface area contributed by atoms with E-state index in [4.69, 9.17) is 5.73 Å². The predicted octanol–water partition coefficient (Wildman–Crippen LogP) is -0.391. The fraction of sp³-hybridized carbons (Fsp3) is 0.875. The van der Waals surface area contributed by atoms with Crippen LogP contribution in [-0.4, -0.2) is 33.7 Å². The van der Waals surface area contributed by atoms with Crippen LogP contribution >= 0.6 is 0 Å². The molecule has 5 heteroatoms. The van der Waals surface area contributed by atoms with Gasteiger partial charge in [-0.1, -0.05) is 0 Å². The summed E-state index contributed by atoms with van der Waals surface area (Å²) in [5.74, 6) is -0.137. The van der Waals surface area contributed by atoms with Crippen LogP contribution in [0.3, 0.4) is 0 Å². The molecule has 0 aromatic carbocycles. The summed E-state index contributed by atoms with van der Waals surface area (Å²) >= 11 is 0. The number of carbonyl (C=O) groups excluding carboxylic acids is 1. The summed E-state index contributed by atoms with van der Waals surface area (Å²) in [6, 6.07) is 0. The molecule has 0 radical (unpaired) electrons. The maximum absolute atomic E-state index is 11.5. The van der Waals surface area contributed by atoms with E-state index < -0.39 is 10.8 Å². The van der Waals surface area contributed by atoms with Crippen LogP contribution in [-0.2, 0) is 15.6 Å². The van der Waals surface area contributed by atoms with E-state index in [1.165, 1.54) is 0 Å². The van der Waals surface area contributed by atoms with E-state index in [-0.39, 0.29) is 16.4 Å². The molecule has 0 saturated carbocycles. The molecule has 0 aliphatic rings. The number of hydrogen-bond donors (Lipinski definition) is 2. The Hall–Kier alpha value is -0.420. The van der Waals surface area contributed by atoms with Crippen LogP contribution < -0.4 is 11.1 Å². The van der Waals surface area contributed by atoms with Crippen molar-refractivity contribution in [1.29, 1.82) is 0 Å². The summed E-state index contributed by atoms with van der Waals surface area (Å²) < 4.78 is 11.1. The van der Waals surface area contributed by atoms with Crippen molar-refractivity contribution in [2.24, 2.45) is 5.73 Å². The summed E-state index contributed by atoms with van der Waals surface area (Å²) in [4.78, 5) is 11.1. The number of nitrogens with one attached hydrogen (secondary N) is 1. The molecule has 3 N–H and O–H groups in total. The van der Waals surface area contributed by atoms with Crippen molar-refractivity contribution in [3.8, 4) is 0 Å². The number of hydrogen-bond acceptors (Lipinski definition) is 3. The molecular weight excluding hydrogens is 188 g/mol. The molecule has 0 bridgehead atoms. The SMILES string of the molecule is CC(C)(C)S(=O)CC(=O)NCCN.